The van der Waals surface area contributed by atoms with E-state index >= 15 is 0 Å². The quantitative estimate of drug-likeness (QED) is 0.391. The van der Waals surface area contributed by atoms with Crippen molar-refractivity contribution < 1.29 is 9.59 Å². The lowest BCUT2D eigenvalue weighted by atomic mass is 10.0. The normalized spacial score (nSPS) is 11.6. The number of hydrogen-bond donors (Lipinski definition) is 1. The number of hydrogen-bond acceptors (Lipinski definition) is 2. The van der Waals surface area contributed by atoms with Crippen molar-refractivity contribution in [1.82, 2.24) is 10.2 Å². The van der Waals surface area contributed by atoms with Crippen molar-refractivity contribution in [2.75, 3.05) is 6.54 Å². The molecule has 1 N–H and O–H groups in total. The smallest absolute Gasteiger partial charge is 0.243 e. The molecule has 0 saturated carbocycles. The second-order valence-electron chi connectivity index (χ2n) is 7.64. The van der Waals surface area contributed by atoms with Gasteiger partial charge in [0, 0.05) is 24.5 Å². The fourth-order valence-corrected chi connectivity index (χ4v) is 4.11. The van der Waals surface area contributed by atoms with Crippen LogP contribution in [0.5, 0.6) is 0 Å². The zero-order chi connectivity index (χ0) is 23.8. The van der Waals surface area contributed by atoms with Crippen molar-refractivity contribution in [1.29, 1.82) is 0 Å². The highest BCUT2D eigenvalue weighted by Crippen LogP contribution is 2.25. The van der Waals surface area contributed by atoms with E-state index in [-0.39, 0.29) is 24.8 Å². The third kappa shape index (κ3) is 6.97. The fraction of sp³-hybridized carbons (Fsp3) is 0.231. The molecular formula is C26H25Cl3N2O2. The number of carbonyl (C=O) groups excluding carboxylic acids is 2. The Hall–Kier alpha value is -2.53. The average Bonchev–Trinajstić information content (AvgIpc) is 2.80. The molecule has 0 bridgehead atoms. The summed E-state index contributed by atoms with van der Waals surface area (Å²) in [5, 5.41) is 4.21. The number of nitrogens with zero attached hydrogens (tertiary/aromatic N) is 1. The Bertz CT molecular complexity index is 1110. The molecule has 172 valence electrons. The molecule has 0 aromatic heterocycles. The van der Waals surface area contributed by atoms with Crippen LogP contribution in [0, 0.1) is 0 Å². The molecular weight excluding hydrogens is 479 g/mol. The minimum absolute atomic E-state index is 0.0751. The van der Waals surface area contributed by atoms with Gasteiger partial charge in [-0.2, -0.15) is 0 Å². The Kier molecular flexibility index (Phi) is 9.19. The molecule has 2 amide bonds. The number of rotatable bonds is 9. The van der Waals surface area contributed by atoms with Crippen LogP contribution in [0.2, 0.25) is 15.1 Å². The highest BCUT2D eigenvalue weighted by atomic mass is 35.5. The van der Waals surface area contributed by atoms with E-state index in [1.165, 1.54) is 0 Å². The second kappa shape index (κ2) is 12.1. The summed E-state index contributed by atoms with van der Waals surface area (Å²) in [5.74, 6) is -0.421. The molecule has 4 nitrogen and oxygen atoms in total. The van der Waals surface area contributed by atoms with Gasteiger partial charge in [0.15, 0.2) is 0 Å². The van der Waals surface area contributed by atoms with Crippen molar-refractivity contribution >= 4 is 46.6 Å². The van der Waals surface area contributed by atoms with Crippen LogP contribution < -0.4 is 5.32 Å². The summed E-state index contributed by atoms with van der Waals surface area (Å²) in [6.07, 6.45) is 0.452. The summed E-state index contributed by atoms with van der Waals surface area (Å²) in [6.45, 7) is 2.52. The molecule has 0 fully saturated rings. The van der Waals surface area contributed by atoms with Crippen LogP contribution in [-0.4, -0.2) is 29.3 Å². The van der Waals surface area contributed by atoms with Crippen molar-refractivity contribution in [3.8, 4) is 0 Å². The molecule has 0 saturated heterocycles. The van der Waals surface area contributed by atoms with Gasteiger partial charge in [-0.25, -0.2) is 0 Å². The third-order valence-electron chi connectivity index (χ3n) is 5.26. The van der Waals surface area contributed by atoms with E-state index in [0.717, 1.165) is 11.1 Å². The van der Waals surface area contributed by atoms with Crippen LogP contribution in [0.3, 0.4) is 0 Å². The monoisotopic (exact) mass is 502 g/mol. The van der Waals surface area contributed by atoms with Gasteiger partial charge < -0.3 is 10.2 Å². The van der Waals surface area contributed by atoms with Crippen LogP contribution >= 0.6 is 34.8 Å². The summed E-state index contributed by atoms with van der Waals surface area (Å²) in [6, 6.07) is 21.4. The molecule has 3 aromatic rings. The second-order valence-corrected chi connectivity index (χ2v) is 8.86. The highest BCUT2D eigenvalue weighted by Gasteiger charge is 2.30. The largest absolute Gasteiger partial charge is 0.355 e. The summed E-state index contributed by atoms with van der Waals surface area (Å²) < 4.78 is 0. The van der Waals surface area contributed by atoms with E-state index in [0.29, 0.717) is 33.6 Å². The van der Waals surface area contributed by atoms with Crippen molar-refractivity contribution in [2.24, 2.45) is 0 Å². The first kappa shape index (κ1) is 25.1. The van der Waals surface area contributed by atoms with Crippen LogP contribution in [0.4, 0.5) is 0 Å². The van der Waals surface area contributed by atoms with Gasteiger partial charge in [-0.05, 0) is 41.8 Å². The first-order valence-corrected chi connectivity index (χ1v) is 11.8. The lowest BCUT2D eigenvalue weighted by Gasteiger charge is -2.31. The lowest BCUT2D eigenvalue weighted by Crippen LogP contribution is -2.51. The minimum atomic E-state index is -0.711. The molecule has 0 heterocycles. The number of amides is 2. The molecule has 0 aliphatic heterocycles. The van der Waals surface area contributed by atoms with E-state index in [1.54, 1.807) is 29.2 Å². The highest BCUT2D eigenvalue weighted by molar-refractivity contribution is 6.42. The maximum absolute atomic E-state index is 13.6. The summed E-state index contributed by atoms with van der Waals surface area (Å²) in [5.41, 5.74) is 2.44. The van der Waals surface area contributed by atoms with Crippen LogP contribution in [-0.2, 0) is 29.0 Å². The van der Waals surface area contributed by atoms with E-state index in [2.05, 4.69) is 5.32 Å². The predicted octanol–water partition coefficient (Wildman–Crippen LogP) is 5.97. The maximum atomic E-state index is 13.6. The van der Waals surface area contributed by atoms with Crippen LogP contribution in [0.1, 0.15) is 23.6 Å². The number of carbonyl (C=O) groups is 2. The van der Waals surface area contributed by atoms with Gasteiger partial charge in [0.25, 0.3) is 0 Å². The average molecular weight is 504 g/mol. The van der Waals surface area contributed by atoms with Gasteiger partial charge in [0.05, 0.1) is 16.5 Å². The zero-order valence-corrected chi connectivity index (χ0v) is 20.5. The van der Waals surface area contributed by atoms with Gasteiger partial charge in [0.1, 0.15) is 6.04 Å². The van der Waals surface area contributed by atoms with E-state index in [4.69, 9.17) is 34.8 Å². The van der Waals surface area contributed by atoms with Crippen molar-refractivity contribution in [2.45, 2.75) is 32.4 Å². The van der Waals surface area contributed by atoms with Crippen LogP contribution in [0.15, 0.2) is 72.8 Å². The molecule has 7 heteroatoms. The van der Waals surface area contributed by atoms with Crippen LogP contribution in [0.25, 0.3) is 0 Å². The first-order valence-electron chi connectivity index (χ1n) is 10.7. The summed E-state index contributed by atoms with van der Waals surface area (Å²) >= 11 is 18.6. The number of nitrogens with one attached hydrogen (secondary N) is 1. The molecule has 1 atom stereocenters. The zero-order valence-electron chi connectivity index (χ0n) is 18.2. The molecule has 0 aliphatic carbocycles. The third-order valence-corrected chi connectivity index (χ3v) is 6.37. The molecule has 3 rings (SSSR count). The first-order chi connectivity index (χ1) is 15.9. The molecule has 1 unspecified atom stereocenters. The standard InChI is InChI=1S/C26H25Cl3N2O2/c1-2-30-26(33)24(15-18-8-4-3-5-9-18)31(17-19-12-13-22(28)23(29)14-19)25(32)16-20-10-6-7-11-21(20)27/h3-14,24H,2,15-17H2,1H3,(H,30,33). The Morgan fingerprint density at radius 2 is 1.55 bits per heavy atom. The molecule has 0 aliphatic rings. The molecule has 3 aromatic carbocycles. The van der Waals surface area contributed by atoms with Gasteiger partial charge in [-0.15, -0.1) is 0 Å². The fourth-order valence-electron chi connectivity index (χ4n) is 3.59. The van der Waals surface area contributed by atoms with Gasteiger partial charge in [-0.1, -0.05) is 89.4 Å². The summed E-state index contributed by atoms with van der Waals surface area (Å²) in [7, 11) is 0. The Balaban J connectivity index is 1.98. The van der Waals surface area contributed by atoms with E-state index in [9.17, 15) is 9.59 Å². The van der Waals surface area contributed by atoms with Crippen molar-refractivity contribution in [3.63, 3.8) is 0 Å². The Morgan fingerprint density at radius 1 is 0.848 bits per heavy atom. The molecule has 0 radical (unpaired) electrons. The lowest BCUT2D eigenvalue weighted by molar-refractivity contribution is -0.140. The SMILES string of the molecule is CCNC(=O)C(Cc1ccccc1)N(Cc1ccc(Cl)c(Cl)c1)C(=O)Cc1ccccc1Cl. The van der Waals surface area contributed by atoms with Gasteiger partial charge in [0.2, 0.25) is 11.8 Å². The topological polar surface area (TPSA) is 49.4 Å². The predicted molar refractivity (Wildman–Crippen MR) is 135 cm³/mol. The maximum Gasteiger partial charge on any atom is 0.243 e. The van der Waals surface area contributed by atoms with Gasteiger partial charge in [-0.3, -0.25) is 9.59 Å². The van der Waals surface area contributed by atoms with E-state index < -0.39 is 6.04 Å². The Morgan fingerprint density at radius 3 is 2.21 bits per heavy atom. The van der Waals surface area contributed by atoms with E-state index in [1.807, 2.05) is 55.5 Å². The number of halogens is 3. The molecule has 33 heavy (non-hydrogen) atoms. The Labute approximate surface area is 209 Å². The van der Waals surface area contributed by atoms with Gasteiger partial charge >= 0.3 is 0 Å². The minimum Gasteiger partial charge on any atom is -0.355 e. The number of benzene rings is 3. The molecule has 0 spiro atoms. The number of likely N-dealkylation sites (N-methyl/N-ethyl adjacent to an activating group) is 1. The summed E-state index contributed by atoms with van der Waals surface area (Å²) in [4.78, 5) is 28.3. The van der Waals surface area contributed by atoms with Crippen molar-refractivity contribution in [3.05, 3.63) is 105 Å².